The van der Waals surface area contributed by atoms with Crippen molar-refractivity contribution in [3.05, 3.63) is 28.8 Å². The van der Waals surface area contributed by atoms with Gasteiger partial charge in [0.05, 0.1) is 16.6 Å². The molecule has 1 aromatic carbocycles. The molecular weight excluding hydrogens is 236 g/mol. The highest BCUT2D eigenvalue weighted by Gasteiger charge is 2.22. The van der Waals surface area contributed by atoms with Crippen LogP contribution >= 0.6 is 11.6 Å². The lowest BCUT2D eigenvalue weighted by molar-refractivity contribution is 0.310. The number of halogens is 1. The Morgan fingerprint density at radius 2 is 2.35 bits per heavy atom. The van der Waals surface area contributed by atoms with Crippen LogP contribution in [0.25, 0.3) is 0 Å². The molecule has 0 aromatic heterocycles. The lowest BCUT2D eigenvalue weighted by atomic mass is 10.1. The van der Waals surface area contributed by atoms with Gasteiger partial charge in [-0.3, -0.25) is 0 Å². The van der Waals surface area contributed by atoms with Crippen molar-refractivity contribution in [1.82, 2.24) is 0 Å². The van der Waals surface area contributed by atoms with E-state index in [1.807, 2.05) is 12.1 Å². The van der Waals surface area contributed by atoms with E-state index in [0.717, 1.165) is 12.0 Å². The lowest BCUT2D eigenvalue weighted by Gasteiger charge is -2.06. The van der Waals surface area contributed by atoms with Crippen molar-refractivity contribution in [1.29, 1.82) is 0 Å². The van der Waals surface area contributed by atoms with Crippen LogP contribution in [0.15, 0.2) is 23.2 Å². The van der Waals surface area contributed by atoms with Gasteiger partial charge in [0.15, 0.2) is 0 Å². The average molecular weight is 253 g/mol. The summed E-state index contributed by atoms with van der Waals surface area (Å²) in [6, 6.07) is 5.69. The first kappa shape index (κ1) is 12.2. The molecule has 2 rings (SSSR count). The number of hydrogen-bond acceptors (Lipinski definition) is 3. The van der Waals surface area contributed by atoms with Crippen LogP contribution in [0, 0.1) is 0 Å². The van der Waals surface area contributed by atoms with Gasteiger partial charge in [0.25, 0.3) is 0 Å². The predicted molar refractivity (Wildman–Crippen MR) is 71.7 cm³/mol. The van der Waals surface area contributed by atoms with E-state index >= 15 is 0 Å². The van der Waals surface area contributed by atoms with E-state index in [4.69, 9.17) is 22.1 Å². The molecule has 0 amide bonds. The summed E-state index contributed by atoms with van der Waals surface area (Å²) in [5.41, 5.74) is 7.25. The topological polar surface area (TPSA) is 47.6 Å². The first-order valence-corrected chi connectivity index (χ1v) is 6.35. The largest absolute Gasteiger partial charge is 0.475 e. The van der Waals surface area contributed by atoms with Crippen LogP contribution in [-0.2, 0) is 4.74 Å². The number of nitrogen functional groups attached to an aromatic ring is 1. The highest BCUT2D eigenvalue weighted by molar-refractivity contribution is 6.34. The molecule has 1 atom stereocenters. The second kappa shape index (κ2) is 5.41. The third kappa shape index (κ3) is 2.72. The molecule has 0 aliphatic carbocycles. The second-order valence-electron chi connectivity index (χ2n) is 4.25. The van der Waals surface area contributed by atoms with Crippen molar-refractivity contribution in [2.75, 3.05) is 12.3 Å². The maximum Gasteiger partial charge on any atom is 0.220 e. The number of nitrogens with zero attached hydrogens (tertiary/aromatic N) is 1. The third-order valence-electron chi connectivity index (χ3n) is 2.86. The van der Waals surface area contributed by atoms with E-state index in [2.05, 4.69) is 11.9 Å². The second-order valence-corrected chi connectivity index (χ2v) is 4.65. The van der Waals surface area contributed by atoms with Gasteiger partial charge in [-0.2, -0.15) is 0 Å². The van der Waals surface area contributed by atoms with Gasteiger partial charge < -0.3 is 10.5 Å². The number of unbranched alkanes of at least 4 members (excludes halogenated alkanes) is 1. The lowest BCUT2D eigenvalue weighted by Crippen LogP contribution is -2.07. The third-order valence-corrected chi connectivity index (χ3v) is 3.18. The summed E-state index contributed by atoms with van der Waals surface area (Å²) in [5.74, 6) is 0.592. The van der Waals surface area contributed by atoms with Crippen LogP contribution in [0.2, 0.25) is 5.02 Å². The predicted octanol–water partition coefficient (Wildman–Crippen LogP) is 3.26. The molecule has 1 aliphatic rings. The quantitative estimate of drug-likeness (QED) is 0.836. The normalized spacial score (nSPS) is 18.9. The summed E-state index contributed by atoms with van der Waals surface area (Å²) in [6.45, 7) is 2.81. The summed E-state index contributed by atoms with van der Waals surface area (Å²) in [4.78, 5) is 4.55. The standard InChI is InChI=1S/C13H17ClN2O/c1-2-3-5-9-8-17-13(16-9)12-10(14)6-4-7-11(12)15/h4,6-7,9H,2-3,5,8,15H2,1H3. The first-order chi connectivity index (χ1) is 8.22. The Bertz CT molecular complexity index is 411. The van der Waals surface area contributed by atoms with Crippen molar-refractivity contribution in [3.63, 3.8) is 0 Å². The molecule has 1 unspecified atom stereocenters. The van der Waals surface area contributed by atoms with E-state index in [1.54, 1.807) is 6.07 Å². The molecule has 1 heterocycles. The first-order valence-electron chi connectivity index (χ1n) is 5.97. The molecule has 0 fully saturated rings. The van der Waals surface area contributed by atoms with Gasteiger partial charge in [0.1, 0.15) is 6.61 Å². The van der Waals surface area contributed by atoms with Crippen LogP contribution < -0.4 is 5.73 Å². The molecule has 92 valence electrons. The maximum absolute atomic E-state index is 6.12. The van der Waals surface area contributed by atoms with Gasteiger partial charge in [-0.1, -0.05) is 37.4 Å². The smallest absolute Gasteiger partial charge is 0.220 e. The highest BCUT2D eigenvalue weighted by Crippen LogP contribution is 2.26. The molecule has 17 heavy (non-hydrogen) atoms. The molecule has 1 aliphatic heterocycles. The monoisotopic (exact) mass is 252 g/mol. The fourth-order valence-electron chi connectivity index (χ4n) is 1.91. The van der Waals surface area contributed by atoms with Gasteiger partial charge >= 0.3 is 0 Å². The summed E-state index contributed by atoms with van der Waals surface area (Å²) < 4.78 is 5.60. The summed E-state index contributed by atoms with van der Waals surface area (Å²) in [6.07, 6.45) is 3.41. The van der Waals surface area contributed by atoms with E-state index < -0.39 is 0 Å². The molecule has 0 bridgehead atoms. The minimum atomic E-state index is 0.251. The van der Waals surface area contributed by atoms with Gasteiger partial charge in [-0.15, -0.1) is 0 Å². The summed E-state index contributed by atoms with van der Waals surface area (Å²) >= 11 is 6.12. The van der Waals surface area contributed by atoms with Gasteiger partial charge in [0.2, 0.25) is 5.90 Å². The van der Waals surface area contributed by atoms with Crippen LogP contribution in [-0.4, -0.2) is 18.5 Å². The molecule has 4 heteroatoms. The Morgan fingerprint density at radius 3 is 3.06 bits per heavy atom. The van der Waals surface area contributed by atoms with Crippen LogP contribution in [0.1, 0.15) is 31.7 Å². The average Bonchev–Trinajstić information content (AvgIpc) is 2.75. The van der Waals surface area contributed by atoms with E-state index in [1.165, 1.54) is 12.8 Å². The molecule has 3 nitrogen and oxygen atoms in total. The van der Waals surface area contributed by atoms with Crippen molar-refractivity contribution in [3.8, 4) is 0 Å². The van der Waals surface area contributed by atoms with Crippen LogP contribution in [0.4, 0.5) is 5.69 Å². The van der Waals surface area contributed by atoms with Crippen molar-refractivity contribution >= 4 is 23.2 Å². The zero-order valence-corrected chi connectivity index (χ0v) is 10.7. The minimum Gasteiger partial charge on any atom is -0.475 e. The van der Waals surface area contributed by atoms with Crippen molar-refractivity contribution < 1.29 is 4.74 Å². The Morgan fingerprint density at radius 1 is 1.53 bits per heavy atom. The van der Waals surface area contributed by atoms with Gasteiger partial charge in [0, 0.05) is 5.69 Å². The van der Waals surface area contributed by atoms with E-state index in [9.17, 15) is 0 Å². The number of anilines is 1. The van der Waals surface area contributed by atoms with E-state index in [0.29, 0.717) is 23.2 Å². The number of aliphatic imine (C=N–C) groups is 1. The van der Waals surface area contributed by atoms with Crippen LogP contribution in [0.5, 0.6) is 0 Å². The SMILES string of the molecule is CCCCC1COC(c2c(N)cccc2Cl)=N1. The maximum atomic E-state index is 6.12. The van der Waals surface area contributed by atoms with Gasteiger partial charge in [-0.25, -0.2) is 4.99 Å². The molecule has 0 spiro atoms. The Kier molecular flexibility index (Phi) is 3.89. The highest BCUT2D eigenvalue weighted by atomic mass is 35.5. The van der Waals surface area contributed by atoms with Crippen molar-refractivity contribution in [2.45, 2.75) is 32.2 Å². The van der Waals surface area contributed by atoms with Crippen LogP contribution in [0.3, 0.4) is 0 Å². The van der Waals surface area contributed by atoms with Gasteiger partial charge in [-0.05, 0) is 18.6 Å². The number of ether oxygens (including phenoxy) is 1. The summed E-state index contributed by atoms with van der Waals surface area (Å²) in [5, 5.41) is 0.597. The molecule has 0 saturated carbocycles. The zero-order valence-electron chi connectivity index (χ0n) is 9.95. The molecular formula is C13H17ClN2O. The number of hydrogen-bond donors (Lipinski definition) is 1. The molecule has 2 N–H and O–H groups in total. The fraction of sp³-hybridized carbons (Fsp3) is 0.462. The number of nitrogens with two attached hydrogens (primary N) is 1. The van der Waals surface area contributed by atoms with E-state index in [-0.39, 0.29) is 6.04 Å². The van der Waals surface area contributed by atoms with Crippen molar-refractivity contribution in [2.24, 2.45) is 4.99 Å². The molecule has 0 saturated heterocycles. The Labute approximate surface area is 107 Å². The zero-order chi connectivity index (χ0) is 12.3. The number of benzene rings is 1. The fourth-order valence-corrected chi connectivity index (χ4v) is 2.17. The minimum absolute atomic E-state index is 0.251. The molecule has 0 radical (unpaired) electrons. The molecule has 1 aromatic rings. The summed E-state index contributed by atoms with van der Waals surface area (Å²) in [7, 11) is 0. The Hall–Kier alpha value is -1.22. The number of rotatable bonds is 4. The Balaban J connectivity index is 2.18.